The van der Waals surface area contributed by atoms with Crippen molar-refractivity contribution in [3.05, 3.63) is 12.1 Å². The Morgan fingerprint density at radius 2 is 2.27 bits per heavy atom. The Hall–Kier alpha value is -0.935. The average molecular weight is 209 g/mol. The first kappa shape index (κ1) is 10.6. The zero-order chi connectivity index (χ0) is 10.8. The Kier molecular flexibility index (Phi) is 3.02. The number of hydrogen-bond acceptors (Lipinski definition) is 4. The van der Waals surface area contributed by atoms with Crippen molar-refractivity contribution in [2.45, 2.75) is 19.8 Å². The average Bonchev–Trinajstić information content (AvgIpc) is 2.66. The molecule has 0 aliphatic carbocycles. The van der Waals surface area contributed by atoms with E-state index in [0.717, 1.165) is 19.0 Å². The minimum Gasteiger partial charge on any atom is -0.449 e. The second-order valence-electron chi connectivity index (χ2n) is 4.24. The smallest absolute Gasteiger partial charge is 0.449 e. The summed E-state index contributed by atoms with van der Waals surface area (Å²) in [5, 5.41) is 17.9. The van der Waals surface area contributed by atoms with E-state index in [0.29, 0.717) is 5.92 Å². The normalized spacial score (nSPS) is 21.8. The van der Waals surface area contributed by atoms with Gasteiger partial charge in [-0.05, 0) is 24.8 Å². The number of piperidine rings is 1. The summed E-state index contributed by atoms with van der Waals surface area (Å²) in [5.41, 5.74) is 0.211. The molecule has 5 heteroatoms. The summed E-state index contributed by atoms with van der Waals surface area (Å²) in [7, 11) is -1.51. The van der Waals surface area contributed by atoms with Gasteiger partial charge in [0.25, 0.3) is 0 Å². The summed E-state index contributed by atoms with van der Waals surface area (Å²) in [6.07, 6.45) is 2.42. The van der Waals surface area contributed by atoms with E-state index in [-0.39, 0.29) is 5.66 Å². The largest absolute Gasteiger partial charge is 0.526 e. The molecule has 1 aliphatic heterocycles. The molecule has 0 aromatic carbocycles. The molecule has 1 aromatic rings. The highest BCUT2D eigenvalue weighted by molar-refractivity contribution is 6.57. The summed E-state index contributed by atoms with van der Waals surface area (Å²) >= 11 is 0. The molecule has 1 aromatic heterocycles. The predicted molar refractivity (Wildman–Crippen MR) is 59.1 cm³/mol. The molecule has 2 N–H and O–H groups in total. The van der Waals surface area contributed by atoms with Crippen LogP contribution in [-0.4, -0.2) is 30.3 Å². The second-order valence-corrected chi connectivity index (χ2v) is 4.24. The molecule has 2 heterocycles. The van der Waals surface area contributed by atoms with E-state index in [4.69, 9.17) is 14.5 Å². The maximum absolute atomic E-state index is 8.93. The number of furan rings is 1. The molecular formula is C10H16BNO3. The summed E-state index contributed by atoms with van der Waals surface area (Å²) in [4.78, 5) is 2.15. The lowest BCUT2D eigenvalue weighted by molar-refractivity contribution is 0.400. The molecule has 1 saturated heterocycles. The Morgan fingerprint density at radius 1 is 1.47 bits per heavy atom. The van der Waals surface area contributed by atoms with Gasteiger partial charge in [0, 0.05) is 19.2 Å². The van der Waals surface area contributed by atoms with Crippen molar-refractivity contribution in [3.8, 4) is 0 Å². The summed E-state index contributed by atoms with van der Waals surface area (Å²) in [5.74, 6) is 1.41. The molecule has 15 heavy (non-hydrogen) atoms. The molecule has 1 fully saturated rings. The van der Waals surface area contributed by atoms with Crippen molar-refractivity contribution in [2.24, 2.45) is 5.92 Å². The van der Waals surface area contributed by atoms with Gasteiger partial charge in [-0.15, -0.1) is 0 Å². The lowest BCUT2D eigenvalue weighted by Gasteiger charge is -2.30. The van der Waals surface area contributed by atoms with Crippen LogP contribution in [0.5, 0.6) is 0 Å². The number of anilines is 1. The Balaban J connectivity index is 2.08. The summed E-state index contributed by atoms with van der Waals surface area (Å²) < 4.78 is 5.36. The first-order valence-electron chi connectivity index (χ1n) is 5.37. The molecule has 82 valence electrons. The molecule has 0 bridgehead atoms. The molecule has 0 radical (unpaired) electrons. The van der Waals surface area contributed by atoms with Gasteiger partial charge in [0.05, 0.1) is 0 Å². The van der Waals surface area contributed by atoms with E-state index in [1.54, 1.807) is 12.1 Å². The van der Waals surface area contributed by atoms with Crippen molar-refractivity contribution in [1.82, 2.24) is 0 Å². The maximum Gasteiger partial charge on any atom is 0.526 e. The van der Waals surface area contributed by atoms with E-state index in [9.17, 15) is 0 Å². The van der Waals surface area contributed by atoms with Crippen LogP contribution in [0.25, 0.3) is 0 Å². The molecule has 1 atom stereocenters. The standard InChI is InChI=1S/C10H16BNO3/c1-8-3-2-6-12(7-8)10-5-4-9(15-10)11(13)14/h4-5,8,13-14H,2-3,6-7H2,1H3. The van der Waals surface area contributed by atoms with E-state index in [1.165, 1.54) is 12.8 Å². The van der Waals surface area contributed by atoms with Crippen LogP contribution in [0.15, 0.2) is 16.5 Å². The van der Waals surface area contributed by atoms with Crippen LogP contribution in [0, 0.1) is 5.92 Å². The molecule has 2 rings (SSSR count). The third-order valence-electron chi connectivity index (χ3n) is 2.84. The topological polar surface area (TPSA) is 56.8 Å². The number of rotatable bonds is 2. The molecule has 1 unspecified atom stereocenters. The second kappa shape index (κ2) is 4.29. The van der Waals surface area contributed by atoms with Crippen LogP contribution >= 0.6 is 0 Å². The first-order chi connectivity index (χ1) is 7.16. The Bertz CT molecular complexity index is 326. The van der Waals surface area contributed by atoms with Crippen LogP contribution in [0.1, 0.15) is 19.8 Å². The van der Waals surface area contributed by atoms with Crippen LogP contribution < -0.4 is 10.6 Å². The van der Waals surface area contributed by atoms with Gasteiger partial charge >= 0.3 is 7.12 Å². The van der Waals surface area contributed by atoms with Crippen molar-refractivity contribution in [2.75, 3.05) is 18.0 Å². The quantitative estimate of drug-likeness (QED) is 0.683. The maximum atomic E-state index is 8.93. The Morgan fingerprint density at radius 3 is 2.87 bits per heavy atom. The SMILES string of the molecule is CC1CCCN(c2ccc(B(O)O)o2)C1. The zero-order valence-electron chi connectivity index (χ0n) is 8.89. The van der Waals surface area contributed by atoms with Crippen molar-refractivity contribution in [1.29, 1.82) is 0 Å². The van der Waals surface area contributed by atoms with Gasteiger partial charge in [-0.2, -0.15) is 0 Å². The van der Waals surface area contributed by atoms with Crippen molar-refractivity contribution in [3.63, 3.8) is 0 Å². The van der Waals surface area contributed by atoms with Gasteiger partial charge in [0.15, 0.2) is 5.88 Å². The van der Waals surface area contributed by atoms with E-state index >= 15 is 0 Å². The van der Waals surface area contributed by atoms with Crippen LogP contribution in [0.2, 0.25) is 0 Å². The Labute approximate surface area is 89.7 Å². The summed E-state index contributed by atoms with van der Waals surface area (Å²) in [6.45, 7) is 4.18. The van der Waals surface area contributed by atoms with Gasteiger partial charge in [-0.3, -0.25) is 0 Å². The van der Waals surface area contributed by atoms with Gasteiger partial charge in [-0.25, -0.2) is 0 Å². The van der Waals surface area contributed by atoms with E-state index in [2.05, 4.69) is 11.8 Å². The fourth-order valence-corrected chi connectivity index (χ4v) is 2.04. The first-order valence-corrected chi connectivity index (χ1v) is 5.37. The lowest BCUT2D eigenvalue weighted by atomic mass is 9.88. The number of hydrogen-bond donors (Lipinski definition) is 2. The van der Waals surface area contributed by atoms with E-state index < -0.39 is 7.12 Å². The molecule has 0 saturated carbocycles. The molecule has 4 nitrogen and oxygen atoms in total. The van der Waals surface area contributed by atoms with E-state index in [1.807, 2.05) is 0 Å². The highest BCUT2D eigenvalue weighted by Crippen LogP contribution is 2.22. The molecule has 1 aliphatic rings. The summed E-state index contributed by atoms with van der Waals surface area (Å²) in [6, 6.07) is 3.41. The fourth-order valence-electron chi connectivity index (χ4n) is 2.04. The fraction of sp³-hybridized carbons (Fsp3) is 0.600. The molecule has 0 amide bonds. The van der Waals surface area contributed by atoms with Gasteiger partial charge in [0.1, 0.15) is 5.66 Å². The number of nitrogens with zero attached hydrogens (tertiary/aromatic N) is 1. The minimum absolute atomic E-state index is 0.211. The highest BCUT2D eigenvalue weighted by atomic mass is 16.4. The third kappa shape index (κ3) is 2.35. The molecular weight excluding hydrogens is 193 g/mol. The zero-order valence-corrected chi connectivity index (χ0v) is 8.89. The van der Waals surface area contributed by atoms with Gasteiger partial charge in [0.2, 0.25) is 0 Å². The minimum atomic E-state index is -1.51. The van der Waals surface area contributed by atoms with Crippen LogP contribution in [0.4, 0.5) is 5.88 Å². The highest BCUT2D eigenvalue weighted by Gasteiger charge is 2.22. The lowest BCUT2D eigenvalue weighted by Crippen LogP contribution is -2.34. The third-order valence-corrected chi connectivity index (χ3v) is 2.84. The van der Waals surface area contributed by atoms with Crippen molar-refractivity contribution >= 4 is 18.7 Å². The predicted octanol–water partition coefficient (Wildman–Crippen LogP) is 0.196. The van der Waals surface area contributed by atoms with Crippen molar-refractivity contribution < 1.29 is 14.5 Å². The van der Waals surface area contributed by atoms with Crippen LogP contribution in [-0.2, 0) is 0 Å². The van der Waals surface area contributed by atoms with Crippen LogP contribution in [0.3, 0.4) is 0 Å². The monoisotopic (exact) mass is 209 g/mol. The van der Waals surface area contributed by atoms with Gasteiger partial charge in [-0.1, -0.05) is 6.92 Å². The van der Waals surface area contributed by atoms with Gasteiger partial charge < -0.3 is 19.4 Å². The molecule has 0 spiro atoms.